The molecule has 2 aromatic rings. The van der Waals surface area contributed by atoms with E-state index in [0.717, 1.165) is 5.75 Å². The van der Waals surface area contributed by atoms with E-state index in [-0.39, 0.29) is 24.2 Å². The first-order chi connectivity index (χ1) is 12.9. The number of rotatable bonds is 6. The minimum atomic E-state index is -0.463. The summed E-state index contributed by atoms with van der Waals surface area (Å²) in [4.78, 5) is 24.7. The normalized spacial score (nSPS) is 15.4. The maximum Gasteiger partial charge on any atom is 0.274 e. The van der Waals surface area contributed by atoms with Crippen molar-refractivity contribution >= 4 is 17.3 Å². The van der Waals surface area contributed by atoms with E-state index in [2.05, 4.69) is 5.32 Å². The number of para-hydroxylation sites is 2. The molecule has 1 heterocycles. The van der Waals surface area contributed by atoms with Gasteiger partial charge in [0.05, 0.1) is 22.7 Å². The average molecular weight is 371 g/mol. The Hall–Kier alpha value is -3.13. The van der Waals surface area contributed by atoms with Gasteiger partial charge >= 0.3 is 0 Å². The van der Waals surface area contributed by atoms with E-state index in [1.807, 2.05) is 36.2 Å². The third-order valence-electron chi connectivity index (χ3n) is 4.27. The zero-order valence-electron chi connectivity index (χ0n) is 15.2. The van der Waals surface area contributed by atoms with Gasteiger partial charge in [0.1, 0.15) is 12.7 Å². The second kappa shape index (κ2) is 8.05. The molecule has 0 radical (unpaired) electrons. The number of carbonyl (C=O) groups is 1. The molecular weight excluding hydrogens is 350 g/mol. The predicted octanol–water partition coefficient (Wildman–Crippen LogP) is 2.61. The van der Waals surface area contributed by atoms with Crippen molar-refractivity contribution in [2.45, 2.75) is 13.0 Å². The summed E-state index contributed by atoms with van der Waals surface area (Å²) in [5, 5.41) is 13.7. The standard InChI is InChI=1S/C19H21N3O5/c1-13-15(6-5-7-16(13)22(24)25)20-19(23)11-21(2)10-14-12-26-17-8-3-4-9-18(17)27-14/h3-9,14H,10-12H2,1-2H3,(H,20,23)/t14-/m0/s1. The Labute approximate surface area is 156 Å². The number of fused-ring (bicyclic) bond motifs is 1. The second-order valence-corrected chi connectivity index (χ2v) is 6.45. The fraction of sp³-hybridized carbons (Fsp3) is 0.316. The summed E-state index contributed by atoms with van der Waals surface area (Å²) in [6, 6.07) is 12.1. The number of hydrogen-bond donors (Lipinski definition) is 1. The molecule has 0 saturated carbocycles. The van der Waals surface area contributed by atoms with Crippen molar-refractivity contribution in [3.05, 3.63) is 58.1 Å². The largest absolute Gasteiger partial charge is 0.486 e. The number of anilines is 1. The lowest BCUT2D eigenvalue weighted by atomic mass is 10.1. The molecule has 0 bridgehead atoms. The third kappa shape index (κ3) is 4.53. The van der Waals surface area contributed by atoms with Gasteiger partial charge in [-0.25, -0.2) is 0 Å². The molecule has 1 aliphatic heterocycles. The minimum Gasteiger partial charge on any atom is -0.486 e. The van der Waals surface area contributed by atoms with Crippen LogP contribution in [0.1, 0.15) is 5.56 Å². The van der Waals surface area contributed by atoms with E-state index in [1.165, 1.54) is 6.07 Å². The van der Waals surface area contributed by atoms with Gasteiger partial charge < -0.3 is 14.8 Å². The van der Waals surface area contributed by atoms with Crippen molar-refractivity contribution in [1.82, 2.24) is 4.90 Å². The molecule has 1 N–H and O–H groups in total. The Balaban J connectivity index is 1.54. The number of amides is 1. The van der Waals surface area contributed by atoms with Crippen molar-refractivity contribution in [3.63, 3.8) is 0 Å². The topological polar surface area (TPSA) is 93.9 Å². The van der Waals surface area contributed by atoms with E-state index in [0.29, 0.717) is 30.2 Å². The fourth-order valence-corrected chi connectivity index (χ4v) is 2.96. The highest BCUT2D eigenvalue weighted by Gasteiger charge is 2.23. The lowest BCUT2D eigenvalue weighted by Gasteiger charge is -2.29. The van der Waals surface area contributed by atoms with Gasteiger partial charge in [0.25, 0.3) is 5.69 Å². The number of benzene rings is 2. The van der Waals surface area contributed by atoms with Crippen molar-refractivity contribution in [1.29, 1.82) is 0 Å². The number of hydrogen-bond acceptors (Lipinski definition) is 6. The van der Waals surface area contributed by atoms with Crippen LogP contribution >= 0.6 is 0 Å². The smallest absolute Gasteiger partial charge is 0.274 e. The Morgan fingerprint density at radius 2 is 2.00 bits per heavy atom. The minimum absolute atomic E-state index is 0.0208. The third-order valence-corrected chi connectivity index (χ3v) is 4.27. The Bertz CT molecular complexity index is 855. The molecule has 1 aliphatic rings. The summed E-state index contributed by atoms with van der Waals surface area (Å²) in [6.07, 6.45) is -0.183. The molecule has 2 aromatic carbocycles. The van der Waals surface area contributed by atoms with E-state index < -0.39 is 4.92 Å². The summed E-state index contributed by atoms with van der Waals surface area (Å²) in [5.74, 6) is 1.16. The van der Waals surface area contributed by atoms with Crippen LogP contribution < -0.4 is 14.8 Å². The Kier molecular flexibility index (Phi) is 5.56. The molecule has 1 atom stereocenters. The molecule has 0 aromatic heterocycles. The monoisotopic (exact) mass is 371 g/mol. The van der Waals surface area contributed by atoms with Crippen LogP contribution in [-0.4, -0.2) is 48.6 Å². The number of nitrogens with zero attached hydrogens (tertiary/aromatic N) is 2. The fourth-order valence-electron chi connectivity index (χ4n) is 2.96. The number of likely N-dealkylation sites (N-methyl/N-ethyl adjacent to an activating group) is 1. The molecule has 0 spiro atoms. The molecule has 0 saturated heterocycles. The van der Waals surface area contributed by atoms with Crippen LogP contribution in [0.2, 0.25) is 0 Å². The molecule has 3 rings (SSSR count). The summed E-state index contributed by atoms with van der Waals surface area (Å²) < 4.78 is 11.6. The van der Waals surface area contributed by atoms with Crippen LogP contribution in [0.4, 0.5) is 11.4 Å². The van der Waals surface area contributed by atoms with Crippen molar-refractivity contribution in [3.8, 4) is 11.5 Å². The van der Waals surface area contributed by atoms with E-state index in [1.54, 1.807) is 19.1 Å². The summed E-state index contributed by atoms with van der Waals surface area (Å²) in [7, 11) is 1.81. The van der Waals surface area contributed by atoms with Crippen LogP contribution in [0.25, 0.3) is 0 Å². The van der Waals surface area contributed by atoms with Crippen LogP contribution in [0.3, 0.4) is 0 Å². The second-order valence-electron chi connectivity index (χ2n) is 6.45. The number of ether oxygens (including phenoxy) is 2. The summed E-state index contributed by atoms with van der Waals surface area (Å²) in [5.41, 5.74) is 0.848. The van der Waals surface area contributed by atoms with Gasteiger partial charge in [0.2, 0.25) is 5.91 Å². The quantitative estimate of drug-likeness (QED) is 0.620. The van der Waals surface area contributed by atoms with Gasteiger partial charge in [-0.15, -0.1) is 0 Å². The van der Waals surface area contributed by atoms with Crippen molar-refractivity contribution in [2.24, 2.45) is 0 Å². The van der Waals surface area contributed by atoms with Gasteiger partial charge in [0.15, 0.2) is 11.5 Å². The lowest BCUT2D eigenvalue weighted by molar-refractivity contribution is -0.385. The predicted molar refractivity (Wildman–Crippen MR) is 100 cm³/mol. The van der Waals surface area contributed by atoms with Gasteiger partial charge in [-0.05, 0) is 32.2 Å². The maximum atomic E-state index is 12.3. The molecule has 8 nitrogen and oxygen atoms in total. The summed E-state index contributed by atoms with van der Waals surface area (Å²) in [6.45, 7) is 2.66. The SMILES string of the molecule is Cc1c(NC(=O)CN(C)C[C@H]2COc3ccccc3O2)cccc1[N+](=O)[O-]. The lowest BCUT2D eigenvalue weighted by Crippen LogP contribution is -2.42. The Morgan fingerprint density at radius 1 is 1.26 bits per heavy atom. The molecule has 0 fully saturated rings. The first-order valence-corrected chi connectivity index (χ1v) is 8.55. The highest BCUT2D eigenvalue weighted by Crippen LogP contribution is 2.31. The zero-order chi connectivity index (χ0) is 19.4. The van der Waals surface area contributed by atoms with Gasteiger partial charge in [-0.2, -0.15) is 0 Å². The van der Waals surface area contributed by atoms with E-state index in [4.69, 9.17) is 9.47 Å². The van der Waals surface area contributed by atoms with Crippen molar-refractivity contribution in [2.75, 3.05) is 32.1 Å². The molecule has 0 unspecified atom stereocenters. The highest BCUT2D eigenvalue weighted by molar-refractivity contribution is 5.93. The first kappa shape index (κ1) is 18.7. The van der Waals surface area contributed by atoms with Gasteiger partial charge in [-0.3, -0.25) is 19.8 Å². The van der Waals surface area contributed by atoms with E-state index >= 15 is 0 Å². The van der Waals surface area contributed by atoms with E-state index in [9.17, 15) is 14.9 Å². The number of nitrogens with one attached hydrogen (secondary N) is 1. The first-order valence-electron chi connectivity index (χ1n) is 8.55. The number of nitro benzene ring substituents is 1. The number of carbonyl (C=O) groups excluding carboxylic acids is 1. The molecule has 142 valence electrons. The Morgan fingerprint density at radius 3 is 2.74 bits per heavy atom. The van der Waals surface area contributed by atoms with Crippen LogP contribution in [0.5, 0.6) is 11.5 Å². The van der Waals surface area contributed by atoms with Gasteiger partial charge in [-0.1, -0.05) is 18.2 Å². The molecule has 0 aliphatic carbocycles. The molecule has 27 heavy (non-hydrogen) atoms. The van der Waals surface area contributed by atoms with Crippen LogP contribution in [-0.2, 0) is 4.79 Å². The highest BCUT2D eigenvalue weighted by atomic mass is 16.6. The summed E-state index contributed by atoms with van der Waals surface area (Å²) >= 11 is 0. The zero-order valence-corrected chi connectivity index (χ0v) is 15.2. The molecule has 1 amide bonds. The maximum absolute atomic E-state index is 12.3. The number of nitro groups is 1. The van der Waals surface area contributed by atoms with Crippen LogP contribution in [0, 0.1) is 17.0 Å². The molecular formula is C19H21N3O5. The molecule has 8 heteroatoms. The average Bonchev–Trinajstić information content (AvgIpc) is 2.63. The van der Waals surface area contributed by atoms with Crippen LogP contribution in [0.15, 0.2) is 42.5 Å². The van der Waals surface area contributed by atoms with Crippen molar-refractivity contribution < 1.29 is 19.2 Å². The van der Waals surface area contributed by atoms with Gasteiger partial charge in [0, 0.05) is 12.6 Å².